The number of anilines is 1. The van der Waals surface area contributed by atoms with Gasteiger partial charge >= 0.3 is 5.97 Å². The molecule has 0 aliphatic rings. The van der Waals surface area contributed by atoms with Crippen molar-refractivity contribution in [2.75, 3.05) is 5.32 Å². The van der Waals surface area contributed by atoms with Gasteiger partial charge in [-0.25, -0.2) is 4.79 Å². The van der Waals surface area contributed by atoms with Crippen molar-refractivity contribution in [2.24, 2.45) is 0 Å². The first-order chi connectivity index (χ1) is 6.64. The molecule has 0 amide bonds. The first-order valence-electron chi connectivity index (χ1n) is 4.42. The number of rotatable bonds is 5. The third-order valence-electron chi connectivity index (χ3n) is 2.32. The van der Waals surface area contributed by atoms with Crippen molar-refractivity contribution < 1.29 is 9.90 Å². The molecule has 0 atom stereocenters. The highest BCUT2D eigenvalue weighted by molar-refractivity contribution is 7.13. The summed E-state index contributed by atoms with van der Waals surface area (Å²) in [5.41, 5.74) is 0.653. The predicted molar refractivity (Wildman–Crippen MR) is 54.5 cm³/mol. The summed E-state index contributed by atoms with van der Waals surface area (Å²) >= 11 is 1.30. The highest BCUT2D eigenvalue weighted by atomic mass is 32.1. The number of aliphatic carboxylic acids is 1. The van der Waals surface area contributed by atoms with Crippen LogP contribution in [0.5, 0.6) is 0 Å². The largest absolute Gasteiger partial charge is 0.480 e. The van der Waals surface area contributed by atoms with Gasteiger partial charge in [-0.1, -0.05) is 25.2 Å². The summed E-state index contributed by atoms with van der Waals surface area (Å²) in [6, 6.07) is 0. The van der Waals surface area contributed by atoms with Crippen LogP contribution < -0.4 is 5.32 Å². The Labute approximate surface area is 86.2 Å². The van der Waals surface area contributed by atoms with E-state index in [1.807, 2.05) is 13.8 Å². The molecule has 0 aliphatic carbocycles. The fourth-order valence-electron chi connectivity index (χ4n) is 1.21. The molecule has 0 fully saturated rings. The molecule has 0 bridgehead atoms. The van der Waals surface area contributed by atoms with E-state index >= 15 is 0 Å². The third kappa shape index (κ3) is 2.01. The third-order valence-corrected chi connectivity index (χ3v) is 2.93. The Bertz CT molecular complexity index is 296. The van der Waals surface area contributed by atoms with Crippen LogP contribution in [-0.2, 0) is 4.79 Å². The smallest absolute Gasteiger partial charge is 0.329 e. The maximum Gasteiger partial charge on any atom is 0.329 e. The summed E-state index contributed by atoms with van der Waals surface area (Å²) in [5, 5.41) is 20.0. The topological polar surface area (TPSA) is 75.1 Å². The van der Waals surface area contributed by atoms with Gasteiger partial charge in [-0.3, -0.25) is 0 Å². The minimum atomic E-state index is -0.917. The lowest BCUT2D eigenvalue weighted by Crippen LogP contribution is -2.45. The van der Waals surface area contributed by atoms with Gasteiger partial charge in [0.25, 0.3) is 0 Å². The highest BCUT2D eigenvalue weighted by Gasteiger charge is 2.35. The van der Waals surface area contributed by atoms with Crippen molar-refractivity contribution in [3.63, 3.8) is 0 Å². The Kier molecular flexibility index (Phi) is 3.40. The van der Waals surface area contributed by atoms with Crippen LogP contribution in [0.25, 0.3) is 0 Å². The zero-order chi connectivity index (χ0) is 10.6. The van der Waals surface area contributed by atoms with Crippen molar-refractivity contribution in [1.29, 1.82) is 0 Å². The summed E-state index contributed by atoms with van der Waals surface area (Å²) in [7, 11) is 0. The Morgan fingerprint density at radius 2 is 2.29 bits per heavy atom. The molecule has 78 valence electrons. The van der Waals surface area contributed by atoms with Crippen molar-refractivity contribution in [2.45, 2.75) is 32.2 Å². The van der Waals surface area contributed by atoms with E-state index in [1.54, 1.807) is 5.51 Å². The number of hydrogen-bond acceptors (Lipinski definition) is 5. The normalized spacial score (nSPS) is 11.3. The predicted octanol–water partition coefficient (Wildman–Crippen LogP) is 1.59. The molecular weight excluding hydrogens is 202 g/mol. The summed E-state index contributed by atoms with van der Waals surface area (Å²) in [6.45, 7) is 3.68. The van der Waals surface area contributed by atoms with E-state index in [4.69, 9.17) is 5.11 Å². The van der Waals surface area contributed by atoms with E-state index in [0.29, 0.717) is 18.0 Å². The molecule has 1 aromatic heterocycles. The van der Waals surface area contributed by atoms with Crippen LogP contribution in [0.2, 0.25) is 0 Å². The number of carboxylic acids is 1. The maximum absolute atomic E-state index is 11.1. The second-order valence-corrected chi connectivity index (χ2v) is 3.80. The van der Waals surface area contributed by atoms with Gasteiger partial charge in [0.05, 0.1) is 0 Å². The summed E-state index contributed by atoms with van der Waals surface area (Å²) in [5.74, 6) is -0.849. The lowest BCUT2D eigenvalue weighted by Gasteiger charge is -2.27. The SMILES string of the molecule is CCC(CC)(Nc1nncs1)C(=O)O. The fourth-order valence-corrected chi connectivity index (χ4v) is 1.76. The van der Waals surface area contributed by atoms with Crippen molar-refractivity contribution in [3.05, 3.63) is 5.51 Å². The van der Waals surface area contributed by atoms with E-state index in [0.717, 1.165) is 0 Å². The van der Waals surface area contributed by atoms with Gasteiger partial charge in [0.15, 0.2) is 0 Å². The molecule has 0 aromatic carbocycles. The first kappa shape index (κ1) is 10.9. The molecule has 1 heterocycles. The van der Waals surface area contributed by atoms with Gasteiger partial charge in [-0.2, -0.15) is 0 Å². The van der Waals surface area contributed by atoms with E-state index in [9.17, 15) is 4.79 Å². The number of aromatic nitrogens is 2. The molecule has 1 rings (SSSR count). The number of carboxylic acid groups (broad SMARTS) is 1. The highest BCUT2D eigenvalue weighted by Crippen LogP contribution is 2.23. The molecule has 6 heteroatoms. The standard InChI is InChI=1S/C8H13N3O2S/c1-3-8(4-2,6(12)13)10-7-11-9-5-14-7/h5H,3-4H2,1-2H3,(H,10,11)(H,12,13). The zero-order valence-corrected chi connectivity index (χ0v) is 8.97. The summed E-state index contributed by atoms with van der Waals surface area (Å²) < 4.78 is 0. The summed E-state index contributed by atoms with van der Waals surface area (Å²) in [6.07, 6.45) is 1.02. The van der Waals surface area contributed by atoms with Crippen LogP contribution in [0.15, 0.2) is 5.51 Å². The molecule has 0 radical (unpaired) electrons. The number of nitrogens with zero attached hydrogens (tertiary/aromatic N) is 2. The van der Waals surface area contributed by atoms with Gasteiger partial charge in [0.1, 0.15) is 11.0 Å². The van der Waals surface area contributed by atoms with Gasteiger partial charge in [0, 0.05) is 0 Å². The number of hydrogen-bond donors (Lipinski definition) is 2. The lowest BCUT2D eigenvalue weighted by atomic mass is 9.93. The van der Waals surface area contributed by atoms with Crippen molar-refractivity contribution in [3.8, 4) is 0 Å². The second-order valence-electron chi connectivity index (χ2n) is 2.96. The van der Waals surface area contributed by atoms with E-state index in [2.05, 4.69) is 15.5 Å². The maximum atomic E-state index is 11.1. The van der Waals surface area contributed by atoms with Gasteiger partial charge in [-0.15, -0.1) is 10.2 Å². The Morgan fingerprint density at radius 3 is 2.64 bits per heavy atom. The van der Waals surface area contributed by atoms with Gasteiger partial charge in [-0.05, 0) is 12.8 Å². The molecule has 5 nitrogen and oxygen atoms in total. The van der Waals surface area contributed by atoms with Crippen LogP contribution in [0.4, 0.5) is 5.13 Å². The first-order valence-corrected chi connectivity index (χ1v) is 5.30. The van der Waals surface area contributed by atoms with Crippen molar-refractivity contribution >= 4 is 22.4 Å². The van der Waals surface area contributed by atoms with Crippen LogP contribution in [0.3, 0.4) is 0 Å². The molecule has 0 saturated carbocycles. The lowest BCUT2D eigenvalue weighted by molar-refractivity contribution is -0.142. The molecule has 1 aromatic rings. The Morgan fingerprint density at radius 1 is 1.64 bits per heavy atom. The minimum Gasteiger partial charge on any atom is -0.480 e. The van der Waals surface area contributed by atoms with Crippen LogP contribution >= 0.6 is 11.3 Å². The van der Waals surface area contributed by atoms with E-state index < -0.39 is 11.5 Å². The molecular formula is C8H13N3O2S. The second kappa shape index (κ2) is 4.36. The Balaban J connectivity index is 2.83. The average Bonchev–Trinajstić information content (AvgIpc) is 2.66. The van der Waals surface area contributed by atoms with Crippen LogP contribution in [0.1, 0.15) is 26.7 Å². The van der Waals surface area contributed by atoms with Gasteiger partial charge in [0.2, 0.25) is 5.13 Å². The van der Waals surface area contributed by atoms with Gasteiger partial charge < -0.3 is 10.4 Å². The molecule has 0 spiro atoms. The van der Waals surface area contributed by atoms with Crippen molar-refractivity contribution in [1.82, 2.24) is 10.2 Å². The Hall–Kier alpha value is -1.17. The monoisotopic (exact) mass is 215 g/mol. The molecule has 0 unspecified atom stereocenters. The average molecular weight is 215 g/mol. The summed E-state index contributed by atoms with van der Waals surface area (Å²) in [4.78, 5) is 11.1. The zero-order valence-electron chi connectivity index (χ0n) is 8.15. The quantitative estimate of drug-likeness (QED) is 0.780. The van der Waals surface area contributed by atoms with E-state index in [-0.39, 0.29) is 0 Å². The fraction of sp³-hybridized carbons (Fsp3) is 0.625. The van der Waals surface area contributed by atoms with Crippen LogP contribution in [-0.4, -0.2) is 26.8 Å². The number of carbonyl (C=O) groups is 1. The molecule has 14 heavy (non-hydrogen) atoms. The molecule has 0 saturated heterocycles. The molecule has 0 aliphatic heterocycles. The molecule has 2 N–H and O–H groups in total. The van der Waals surface area contributed by atoms with E-state index in [1.165, 1.54) is 11.3 Å². The number of nitrogens with one attached hydrogen (secondary N) is 1. The van der Waals surface area contributed by atoms with Crippen LogP contribution in [0, 0.1) is 0 Å². The minimum absolute atomic E-state index is 0.512.